The zero-order valence-electron chi connectivity index (χ0n) is 10.6. The summed E-state index contributed by atoms with van der Waals surface area (Å²) >= 11 is 7.46. The number of thiophene rings is 1. The predicted molar refractivity (Wildman–Crippen MR) is 82.5 cm³/mol. The number of nitrogens with two attached hydrogens (primary N) is 1. The highest BCUT2D eigenvalue weighted by molar-refractivity contribution is 7.12. The van der Waals surface area contributed by atoms with Gasteiger partial charge in [-0.1, -0.05) is 11.6 Å². The first kappa shape index (κ1) is 13.7. The molecule has 0 spiro atoms. The fourth-order valence-electron chi connectivity index (χ4n) is 1.64. The third-order valence-corrected chi connectivity index (χ3v) is 3.82. The van der Waals surface area contributed by atoms with Gasteiger partial charge in [0.15, 0.2) is 0 Å². The van der Waals surface area contributed by atoms with Gasteiger partial charge in [-0.3, -0.25) is 4.79 Å². The van der Waals surface area contributed by atoms with Gasteiger partial charge in [0.1, 0.15) is 4.88 Å². The zero-order valence-corrected chi connectivity index (χ0v) is 12.2. The highest BCUT2D eigenvalue weighted by Crippen LogP contribution is 2.28. The summed E-state index contributed by atoms with van der Waals surface area (Å²) in [4.78, 5) is 14.4. The van der Waals surface area contributed by atoms with Gasteiger partial charge in [0, 0.05) is 19.8 Å². The minimum absolute atomic E-state index is 0.221. The lowest BCUT2D eigenvalue weighted by molar-refractivity contribution is 0.103. The molecule has 0 aliphatic carbocycles. The molecule has 3 N–H and O–H groups in total. The number of nitrogen functional groups attached to an aromatic ring is 1. The maximum Gasteiger partial charge on any atom is 0.267 e. The van der Waals surface area contributed by atoms with Crippen LogP contribution in [0.1, 0.15) is 9.67 Å². The Kier molecular flexibility index (Phi) is 3.97. The van der Waals surface area contributed by atoms with Crippen molar-refractivity contribution >= 4 is 45.9 Å². The minimum Gasteiger partial charge on any atom is -0.397 e. The molecule has 0 unspecified atom stereocenters. The molecule has 0 aliphatic heterocycles. The predicted octanol–water partition coefficient (Wildman–Crippen LogP) is 3.30. The molecule has 2 rings (SSSR count). The van der Waals surface area contributed by atoms with E-state index in [1.54, 1.807) is 17.5 Å². The van der Waals surface area contributed by atoms with Gasteiger partial charge in [-0.25, -0.2) is 0 Å². The zero-order chi connectivity index (χ0) is 14.0. The van der Waals surface area contributed by atoms with Crippen molar-refractivity contribution in [2.45, 2.75) is 0 Å². The molecule has 19 heavy (non-hydrogen) atoms. The Labute approximate surface area is 120 Å². The third-order valence-electron chi connectivity index (χ3n) is 2.59. The van der Waals surface area contributed by atoms with Crippen LogP contribution in [0.15, 0.2) is 29.6 Å². The molecule has 1 aromatic carbocycles. The van der Waals surface area contributed by atoms with Crippen LogP contribution in [0.25, 0.3) is 0 Å². The molecule has 1 amide bonds. The lowest BCUT2D eigenvalue weighted by Crippen LogP contribution is -2.13. The van der Waals surface area contributed by atoms with Gasteiger partial charge < -0.3 is 16.0 Å². The first-order valence-electron chi connectivity index (χ1n) is 5.60. The molecule has 1 aromatic heterocycles. The Morgan fingerprint density at radius 2 is 2.11 bits per heavy atom. The van der Waals surface area contributed by atoms with Crippen LogP contribution in [0, 0.1) is 0 Å². The van der Waals surface area contributed by atoms with Crippen LogP contribution in [0.2, 0.25) is 5.02 Å². The molecule has 0 bridgehead atoms. The average Bonchev–Trinajstić information content (AvgIpc) is 2.75. The Bertz CT molecular complexity index is 610. The van der Waals surface area contributed by atoms with Gasteiger partial charge in [-0.05, 0) is 29.6 Å². The Hall–Kier alpha value is -1.72. The van der Waals surface area contributed by atoms with Gasteiger partial charge in [0.2, 0.25) is 0 Å². The first-order chi connectivity index (χ1) is 8.99. The van der Waals surface area contributed by atoms with Crippen molar-refractivity contribution in [2.24, 2.45) is 0 Å². The molecule has 100 valence electrons. The summed E-state index contributed by atoms with van der Waals surface area (Å²) in [7, 11) is 3.82. The highest BCUT2D eigenvalue weighted by atomic mass is 35.5. The molecular weight excluding hydrogens is 282 g/mol. The molecule has 0 fully saturated rings. The van der Waals surface area contributed by atoms with E-state index in [1.807, 2.05) is 31.1 Å². The van der Waals surface area contributed by atoms with Crippen molar-refractivity contribution in [3.8, 4) is 0 Å². The molecule has 0 atom stereocenters. The van der Waals surface area contributed by atoms with Crippen LogP contribution in [0.3, 0.4) is 0 Å². The van der Waals surface area contributed by atoms with E-state index < -0.39 is 0 Å². The van der Waals surface area contributed by atoms with Crippen LogP contribution in [0.4, 0.5) is 17.1 Å². The number of benzene rings is 1. The normalized spacial score (nSPS) is 10.3. The van der Waals surface area contributed by atoms with E-state index in [0.29, 0.717) is 21.3 Å². The molecule has 1 heterocycles. The topological polar surface area (TPSA) is 58.4 Å². The summed E-state index contributed by atoms with van der Waals surface area (Å²) in [5, 5.41) is 5.15. The summed E-state index contributed by atoms with van der Waals surface area (Å²) in [5.74, 6) is -0.221. The van der Waals surface area contributed by atoms with Crippen LogP contribution in [0.5, 0.6) is 0 Å². The number of halogens is 1. The molecule has 0 aliphatic rings. The van der Waals surface area contributed by atoms with E-state index in [0.717, 1.165) is 5.69 Å². The fraction of sp³-hybridized carbons (Fsp3) is 0.154. The molecule has 0 saturated carbocycles. The van der Waals surface area contributed by atoms with Crippen molar-refractivity contribution in [2.75, 3.05) is 30.0 Å². The summed E-state index contributed by atoms with van der Waals surface area (Å²) in [6, 6.07) is 7.10. The van der Waals surface area contributed by atoms with Gasteiger partial charge in [-0.15, -0.1) is 11.3 Å². The third kappa shape index (κ3) is 3.00. The number of nitrogens with one attached hydrogen (secondary N) is 1. The number of carbonyl (C=O) groups is 1. The van der Waals surface area contributed by atoms with E-state index in [2.05, 4.69) is 5.32 Å². The maximum absolute atomic E-state index is 12.0. The molecule has 6 heteroatoms. The van der Waals surface area contributed by atoms with E-state index in [1.165, 1.54) is 11.3 Å². The molecular formula is C13H14ClN3OS. The van der Waals surface area contributed by atoms with Crippen molar-refractivity contribution in [1.82, 2.24) is 0 Å². The average molecular weight is 296 g/mol. The number of rotatable bonds is 3. The van der Waals surface area contributed by atoms with Crippen LogP contribution < -0.4 is 16.0 Å². The van der Waals surface area contributed by atoms with E-state index in [-0.39, 0.29) is 5.91 Å². The largest absolute Gasteiger partial charge is 0.397 e. The summed E-state index contributed by atoms with van der Waals surface area (Å²) in [6.45, 7) is 0. The molecule has 2 aromatic rings. The smallest absolute Gasteiger partial charge is 0.267 e. The second kappa shape index (κ2) is 5.50. The SMILES string of the molecule is CN(C)c1ccc(NC(=O)c2sccc2N)cc1Cl. The maximum atomic E-state index is 12.0. The van der Waals surface area contributed by atoms with Crippen LogP contribution >= 0.6 is 22.9 Å². The van der Waals surface area contributed by atoms with Crippen molar-refractivity contribution in [3.63, 3.8) is 0 Å². The number of nitrogens with zero attached hydrogens (tertiary/aromatic N) is 1. The minimum atomic E-state index is -0.221. The Balaban J connectivity index is 2.18. The molecule has 0 radical (unpaired) electrons. The van der Waals surface area contributed by atoms with Gasteiger partial charge in [0.05, 0.1) is 16.4 Å². The number of amides is 1. The van der Waals surface area contributed by atoms with E-state index in [9.17, 15) is 4.79 Å². The van der Waals surface area contributed by atoms with Crippen molar-refractivity contribution in [3.05, 3.63) is 39.5 Å². The lowest BCUT2D eigenvalue weighted by atomic mass is 10.2. The van der Waals surface area contributed by atoms with Crippen molar-refractivity contribution < 1.29 is 4.79 Å². The summed E-state index contributed by atoms with van der Waals surface area (Å²) in [5.41, 5.74) is 7.74. The van der Waals surface area contributed by atoms with Crippen LogP contribution in [-0.4, -0.2) is 20.0 Å². The van der Waals surface area contributed by atoms with E-state index in [4.69, 9.17) is 17.3 Å². The number of hydrogen-bond acceptors (Lipinski definition) is 4. The quantitative estimate of drug-likeness (QED) is 0.913. The lowest BCUT2D eigenvalue weighted by Gasteiger charge is -2.15. The molecule has 4 nitrogen and oxygen atoms in total. The second-order valence-electron chi connectivity index (χ2n) is 4.22. The van der Waals surface area contributed by atoms with Gasteiger partial charge in [0.25, 0.3) is 5.91 Å². The second-order valence-corrected chi connectivity index (χ2v) is 5.54. The summed E-state index contributed by atoms with van der Waals surface area (Å²) in [6.07, 6.45) is 0. The monoisotopic (exact) mass is 295 g/mol. The Morgan fingerprint density at radius 3 is 2.63 bits per heavy atom. The van der Waals surface area contributed by atoms with Gasteiger partial charge >= 0.3 is 0 Å². The highest BCUT2D eigenvalue weighted by Gasteiger charge is 2.12. The summed E-state index contributed by atoms with van der Waals surface area (Å²) < 4.78 is 0. The van der Waals surface area contributed by atoms with E-state index >= 15 is 0 Å². The Morgan fingerprint density at radius 1 is 1.37 bits per heavy atom. The van der Waals surface area contributed by atoms with Gasteiger partial charge in [-0.2, -0.15) is 0 Å². The number of carbonyl (C=O) groups excluding carboxylic acids is 1. The standard InChI is InChI=1S/C13H14ClN3OS/c1-17(2)11-4-3-8(7-9(11)14)16-13(18)12-10(15)5-6-19-12/h3-7H,15H2,1-2H3,(H,16,18). The van der Waals surface area contributed by atoms with Crippen molar-refractivity contribution in [1.29, 1.82) is 0 Å². The fourth-order valence-corrected chi connectivity index (χ4v) is 2.70. The molecule has 0 saturated heterocycles. The first-order valence-corrected chi connectivity index (χ1v) is 6.86. The van der Waals surface area contributed by atoms with Crippen LogP contribution in [-0.2, 0) is 0 Å². The number of anilines is 3. The number of hydrogen-bond donors (Lipinski definition) is 2.